The third-order valence-electron chi connectivity index (χ3n) is 5.36. The standard InChI is InChI=1S/C25H37NO4/c1-9-18(4)22(27)19(5)14-12-16(2)10-11-17(3)13-15-21-20(6)23(28)24(29-7)25(26-21)30-8/h9-10,12-14,19,22,27H,11,15H2,1-8H3,(H,26,28). The van der Waals surface area contributed by atoms with Crippen molar-refractivity contribution < 1.29 is 14.6 Å². The number of aliphatic hydroxyl groups is 1. The molecule has 2 atom stereocenters. The summed E-state index contributed by atoms with van der Waals surface area (Å²) < 4.78 is 10.4. The van der Waals surface area contributed by atoms with Gasteiger partial charge in [-0.3, -0.25) is 4.79 Å². The van der Waals surface area contributed by atoms with Crippen molar-refractivity contribution in [1.29, 1.82) is 0 Å². The summed E-state index contributed by atoms with van der Waals surface area (Å²) >= 11 is 0. The average Bonchev–Trinajstić information content (AvgIpc) is 2.75. The molecule has 0 saturated carbocycles. The molecule has 1 heterocycles. The molecule has 0 saturated heterocycles. The number of hydrogen-bond donors (Lipinski definition) is 2. The van der Waals surface area contributed by atoms with Crippen LogP contribution < -0.4 is 14.9 Å². The Labute approximate surface area is 180 Å². The van der Waals surface area contributed by atoms with Crippen molar-refractivity contribution in [2.24, 2.45) is 5.92 Å². The van der Waals surface area contributed by atoms with Crippen molar-refractivity contribution in [1.82, 2.24) is 4.98 Å². The smallest absolute Gasteiger partial charge is 0.238 e. The normalized spacial score (nSPS) is 15.4. The summed E-state index contributed by atoms with van der Waals surface area (Å²) in [7, 11) is 2.97. The molecule has 0 radical (unpaired) electrons. The van der Waals surface area contributed by atoms with Crippen LogP contribution in [0.3, 0.4) is 0 Å². The van der Waals surface area contributed by atoms with E-state index >= 15 is 0 Å². The van der Waals surface area contributed by atoms with Gasteiger partial charge >= 0.3 is 0 Å². The van der Waals surface area contributed by atoms with Crippen LogP contribution >= 0.6 is 0 Å². The van der Waals surface area contributed by atoms with Gasteiger partial charge in [0.25, 0.3) is 0 Å². The molecule has 1 rings (SSSR count). The summed E-state index contributed by atoms with van der Waals surface area (Å²) in [5, 5.41) is 10.2. The molecule has 1 aromatic rings. The van der Waals surface area contributed by atoms with E-state index in [9.17, 15) is 9.90 Å². The van der Waals surface area contributed by atoms with E-state index in [1.165, 1.54) is 19.8 Å². The molecule has 1 aromatic heterocycles. The van der Waals surface area contributed by atoms with Crippen molar-refractivity contribution in [3.8, 4) is 11.6 Å². The first-order valence-electron chi connectivity index (χ1n) is 10.3. The Morgan fingerprint density at radius 3 is 2.40 bits per heavy atom. The predicted molar refractivity (Wildman–Crippen MR) is 124 cm³/mol. The highest BCUT2D eigenvalue weighted by atomic mass is 16.5. The van der Waals surface area contributed by atoms with Crippen LogP contribution in [0.1, 0.15) is 52.3 Å². The predicted octanol–water partition coefficient (Wildman–Crippen LogP) is 5.05. The zero-order valence-electron chi connectivity index (χ0n) is 19.6. The van der Waals surface area contributed by atoms with Crippen LogP contribution in [0.25, 0.3) is 0 Å². The van der Waals surface area contributed by atoms with E-state index in [1.54, 1.807) is 6.92 Å². The van der Waals surface area contributed by atoms with E-state index in [-0.39, 0.29) is 17.1 Å². The van der Waals surface area contributed by atoms with Gasteiger partial charge in [0, 0.05) is 23.6 Å². The van der Waals surface area contributed by atoms with Gasteiger partial charge in [0.1, 0.15) is 0 Å². The van der Waals surface area contributed by atoms with Crippen LogP contribution in [-0.2, 0) is 6.42 Å². The molecule has 166 valence electrons. The van der Waals surface area contributed by atoms with Gasteiger partial charge in [-0.05, 0) is 46.6 Å². The van der Waals surface area contributed by atoms with Gasteiger partial charge in [0.05, 0.1) is 20.3 Å². The molecule has 5 heteroatoms. The van der Waals surface area contributed by atoms with Gasteiger partial charge in [0.15, 0.2) is 0 Å². The minimum absolute atomic E-state index is 0.0611. The lowest BCUT2D eigenvalue weighted by atomic mass is 9.97. The number of nitrogens with one attached hydrogen (secondary N) is 1. The monoisotopic (exact) mass is 415 g/mol. The van der Waals surface area contributed by atoms with Crippen molar-refractivity contribution >= 4 is 0 Å². The Kier molecular flexibility index (Phi) is 10.4. The summed E-state index contributed by atoms with van der Waals surface area (Å²) in [6.45, 7) is 11.8. The number of aromatic nitrogens is 1. The lowest BCUT2D eigenvalue weighted by Crippen LogP contribution is -2.16. The van der Waals surface area contributed by atoms with Crippen molar-refractivity contribution in [3.05, 3.63) is 68.6 Å². The fourth-order valence-electron chi connectivity index (χ4n) is 2.98. The topological polar surface area (TPSA) is 71.6 Å². The van der Waals surface area contributed by atoms with Gasteiger partial charge in [-0.25, -0.2) is 0 Å². The molecule has 0 aliphatic heterocycles. The second kappa shape index (κ2) is 12.2. The van der Waals surface area contributed by atoms with Gasteiger partial charge < -0.3 is 19.6 Å². The van der Waals surface area contributed by atoms with Crippen LogP contribution in [0, 0.1) is 12.8 Å². The second-order valence-corrected chi connectivity index (χ2v) is 7.73. The van der Waals surface area contributed by atoms with E-state index in [0.717, 1.165) is 23.3 Å². The van der Waals surface area contributed by atoms with Gasteiger partial charge in [0.2, 0.25) is 17.1 Å². The molecule has 0 bridgehead atoms. The number of allylic oxidation sites excluding steroid dienone is 6. The van der Waals surface area contributed by atoms with Crippen molar-refractivity contribution in [2.45, 2.75) is 60.5 Å². The summed E-state index contributed by atoms with van der Waals surface area (Å²) in [6, 6.07) is 0. The van der Waals surface area contributed by atoms with Crippen LogP contribution in [0.5, 0.6) is 11.6 Å². The van der Waals surface area contributed by atoms with Gasteiger partial charge in [-0.2, -0.15) is 0 Å². The molecular formula is C25H37NO4. The van der Waals surface area contributed by atoms with Crippen LogP contribution in [-0.4, -0.2) is 30.4 Å². The zero-order valence-corrected chi connectivity index (χ0v) is 19.6. The van der Waals surface area contributed by atoms with Crippen LogP contribution in [0.4, 0.5) is 0 Å². The molecule has 0 fully saturated rings. The maximum absolute atomic E-state index is 12.4. The summed E-state index contributed by atoms with van der Waals surface area (Å²) in [5.41, 5.74) is 4.64. The number of hydrogen-bond acceptors (Lipinski definition) is 4. The molecule has 0 aliphatic carbocycles. The molecule has 5 nitrogen and oxygen atoms in total. The highest BCUT2D eigenvalue weighted by Gasteiger charge is 2.15. The molecule has 0 aliphatic rings. The summed E-state index contributed by atoms with van der Waals surface area (Å²) in [6.07, 6.45) is 11.3. The quantitative estimate of drug-likeness (QED) is 0.415. The number of pyridine rings is 1. The third-order valence-corrected chi connectivity index (χ3v) is 5.36. The number of H-pyrrole nitrogens is 1. The number of ether oxygens (including phenoxy) is 2. The molecule has 0 spiro atoms. The Bertz CT molecular complexity index is 887. The van der Waals surface area contributed by atoms with Crippen LogP contribution in [0.15, 0.2) is 51.9 Å². The highest BCUT2D eigenvalue weighted by Crippen LogP contribution is 2.22. The lowest BCUT2D eigenvalue weighted by molar-refractivity contribution is 0.173. The van der Waals surface area contributed by atoms with E-state index < -0.39 is 6.10 Å². The molecule has 0 aromatic carbocycles. The van der Waals surface area contributed by atoms with Crippen molar-refractivity contribution in [3.63, 3.8) is 0 Å². The molecule has 30 heavy (non-hydrogen) atoms. The Hall–Kier alpha value is -2.53. The van der Waals surface area contributed by atoms with E-state index in [4.69, 9.17) is 9.47 Å². The first-order chi connectivity index (χ1) is 14.2. The van der Waals surface area contributed by atoms with Gasteiger partial charge in [-0.1, -0.05) is 48.5 Å². The average molecular weight is 416 g/mol. The van der Waals surface area contributed by atoms with E-state index in [2.05, 4.69) is 37.1 Å². The van der Waals surface area contributed by atoms with Gasteiger partial charge in [-0.15, -0.1) is 0 Å². The second-order valence-electron chi connectivity index (χ2n) is 7.73. The maximum atomic E-state index is 12.4. The number of rotatable bonds is 10. The first kappa shape index (κ1) is 25.5. The third kappa shape index (κ3) is 7.06. The molecule has 2 N–H and O–H groups in total. The molecule has 0 amide bonds. The minimum atomic E-state index is -0.451. The minimum Gasteiger partial charge on any atom is -0.488 e. The Balaban J connectivity index is 2.82. The Morgan fingerprint density at radius 2 is 1.83 bits per heavy atom. The largest absolute Gasteiger partial charge is 0.488 e. The number of methoxy groups -OCH3 is 2. The van der Waals surface area contributed by atoms with E-state index in [0.29, 0.717) is 17.9 Å². The highest BCUT2D eigenvalue weighted by molar-refractivity contribution is 5.40. The number of aliphatic hydroxyl groups excluding tert-OH is 1. The fraction of sp³-hybridized carbons (Fsp3) is 0.480. The number of aromatic amines is 1. The van der Waals surface area contributed by atoms with Crippen molar-refractivity contribution in [2.75, 3.05) is 14.2 Å². The fourth-order valence-corrected chi connectivity index (χ4v) is 2.98. The zero-order chi connectivity index (χ0) is 22.8. The Morgan fingerprint density at radius 1 is 1.17 bits per heavy atom. The SMILES string of the molecule is CC=C(C)C(O)C(C)C=CC(C)=CCC(C)=CCc1[nH]c(OC)c(OC)c(=O)c1C. The summed E-state index contributed by atoms with van der Waals surface area (Å²) in [5.74, 6) is 0.610. The summed E-state index contributed by atoms with van der Waals surface area (Å²) in [4.78, 5) is 15.6. The molecule has 2 unspecified atom stereocenters. The lowest BCUT2D eigenvalue weighted by Gasteiger charge is -2.16. The van der Waals surface area contributed by atoms with E-state index in [1.807, 2.05) is 32.9 Å². The maximum Gasteiger partial charge on any atom is 0.238 e. The molecular weight excluding hydrogens is 378 g/mol. The first-order valence-corrected chi connectivity index (χ1v) is 10.3. The van der Waals surface area contributed by atoms with Crippen LogP contribution in [0.2, 0.25) is 0 Å².